The van der Waals surface area contributed by atoms with Crippen molar-refractivity contribution in [2.75, 3.05) is 0 Å². The van der Waals surface area contributed by atoms with Crippen molar-refractivity contribution in [1.29, 1.82) is 0 Å². The van der Waals surface area contributed by atoms with E-state index in [1.54, 1.807) is 24.3 Å². The van der Waals surface area contributed by atoms with Gasteiger partial charge in [0.25, 0.3) is 0 Å². The second kappa shape index (κ2) is 15.6. The fourth-order valence-electron chi connectivity index (χ4n) is 1.57. The molecule has 2 aromatic rings. The van der Waals surface area contributed by atoms with E-state index in [1.165, 1.54) is 11.1 Å². The van der Waals surface area contributed by atoms with E-state index >= 15 is 0 Å². The Labute approximate surface area is 138 Å². The van der Waals surface area contributed by atoms with E-state index in [2.05, 4.69) is 45.0 Å². The maximum atomic E-state index is 8.63. The number of phenols is 1. The highest BCUT2D eigenvalue weighted by atomic mass is 16.3. The lowest BCUT2D eigenvalue weighted by Crippen LogP contribution is -1.87. The number of para-hydroxylation sites is 1. The third kappa shape index (κ3) is 11.0. The lowest BCUT2D eigenvalue weighted by molar-refractivity contribution is 0.475. The van der Waals surface area contributed by atoms with Crippen molar-refractivity contribution in [2.24, 2.45) is 0 Å². The summed E-state index contributed by atoms with van der Waals surface area (Å²) in [5.74, 6) is 0.975. The van der Waals surface area contributed by atoms with Crippen LogP contribution in [0.1, 0.15) is 65.5 Å². The fourth-order valence-corrected chi connectivity index (χ4v) is 1.57. The van der Waals surface area contributed by atoms with Crippen LogP contribution < -0.4 is 0 Å². The summed E-state index contributed by atoms with van der Waals surface area (Å²) >= 11 is 0. The van der Waals surface area contributed by atoms with E-state index in [-0.39, 0.29) is 0 Å². The third-order valence-corrected chi connectivity index (χ3v) is 2.81. The van der Waals surface area contributed by atoms with Gasteiger partial charge in [0.1, 0.15) is 5.75 Å². The molecule has 2 aromatic carbocycles. The zero-order valence-corrected chi connectivity index (χ0v) is 15.4. The minimum Gasteiger partial charge on any atom is -0.508 e. The Balaban J connectivity index is 0. The highest BCUT2D eigenvalue weighted by Crippen LogP contribution is 2.14. The van der Waals surface area contributed by atoms with E-state index in [1.807, 2.05) is 33.8 Å². The van der Waals surface area contributed by atoms with E-state index in [0.717, 1.165) is 6.42 Å². The van der Waals surface area contributed by atoms with Crippen LogP contribution in [0.4, 0.5) is 0 Å². The molecule has 0 atom stereocenters. The lowest BCUT2D eigenvalue weighted by atomic mass is 10.0. The average Bonchev–Trinajstić information content (AvgIpc) is 2.60. The first-order valence-corrected chi connectivity index (χ1v) is 8.46. The first-order valence-electron chi connectivity index (χ1n) is 8.46. The zero-order valence-electron chi connectivity index (χ0n) is 15.4. The number of aromatic hydroxyl groups is 1. The fraction of sp³-hybridized carbons (Fsp3) is 0.429. The molecule has 0 fully saturated rings. The lowest BCUT2D eigenvalue weighted by Gasteiger charge is -2.04. The standard InChI is InChI=1S/C11H16.C6H6O.2C2H6/c1-4-10-5-7-11(8-6-10)9(2)3;7-6-4-2-1-3-5-6;2*1-2/h5-9H,4H2,1-3H3;1-5,7H;2*1-2H3. The smallest absolute Gasteiger partial charge is 0.115 e. The maximum absolute atomic E-state index is 8.63. The summed E-state index contributed by atoms with van der Waals surface area (Å²) in [4.78, 5) is 0. The van der Waals surface area contributed by atoms with E-state index in [9.17, 15) is 0 Å². The Hall–Kier alpha value is -1.76. The predicted molar refractivity (Wildman–Crippen MR) is 101 cm³/mol. The van der Waals surface area contributed by atoms with Gasteiger partial charge in [-0.05, 0) is 35.6 Å². The number of hydrogen-bond acceptors (Lipinski definition) is 1. The van der Waals surface area contributed by atoms with Crippen LogP contribution in [0.25, 0.3) is 0 Å². The summed E-state index contributed by atoms with van der Waals surface area (Å²) in [5.41, 5.74) is 2.86. The summed E-state index contributed by atoms with van der Waals surface area (Å²) in [6.45, 7) is 14.6. The quantitative estimate of drug-likeness (QED) is 0.645. The normalized spacial score (nSPS) is 8.55. The zero-order chi connectivity index (χ0) is 17.4. The Morgan fingerprint density at radius 3 is 1.50 bits per heavy atom. The van der Waals surface area contributed by atoms with Gasteiger partial charge in [0.05, 0.1) is 0 Å². The molecule has 22 heavy (non-hydrogen) atoms. The van der Waals surface area contributed by atoms with Gasteiger partial charge in [0.15, 0.2) is 0 Å². The van der Waals surface area contributed by atoms with Crippen molar-refractivity contribution in [2.45, 2.75) is 60.8 Å². The molecular weight excluding hydrogens is 268 g/mol. The van der Waals surface area contributed by atoms with Gasteiger partial charge in [0.2, 0.25) is 0 Å². The van der Waals surface area contributed by atoms with Gasteiger partial charge < -0.3 is 5.11 Å². The monoisotopic (exact) mass is 302 g/mol. The molecule has 0 amide bonds. The molecule has 124 valence electrons. The predicted octanol–water partition coefficient (Wildman–Crippen LogP) is 6.82. The van der Waals surface area contributed by atoms with Crippen LogP contribution in [0.3, 0.4) is 0 Å². The number of rotatable bonds is 2. The van der Waals surface area contributed by atoms with Gasteiger partial charge in [-0.25, -0.2) is 0 Å². The number of benzene rings is 2. The molecule has 0 aliphatic carbocycles. The Bertz CT molecular complexity index is 429. The topological polar surface area (TPSA) is 20.2 Å². The van der Waals surface area contributed by atoms with Crippen molar-refractivity contribution < 1.29 is 5.11 Å². The second-order valence-electron chi connectivity index (χ2n) is 4.59. The van der Waals surface area contributed by atoms with Crippen LogP contribution in [0.5, 0.6) is 5.75 Å². The summed E-state index contributed by atoms with van der Waals surface area (Å²) in [6.07, 6.45) is 1.14. The van der Waals surface area contributed by atoms with Crippen molar-refractivity contribution >= 4 is 0 Å². The van der Waals surface area contributed by atoms with E-state index < -0.39 is 0 Å². The van der Waals surface area contributed by atoms with E-state index in [4.69, 9.17) is 5.11 Å². The molecule has 0 radical (unpaired) electrons. The van der Waals surface area contributed by atoms with Gasteiger partial charge in [-0.1, -0.05) is 90.9 Å². The van der Waals surface area contributed by atoms with Gasteiger partial charge in [-0.15, -0.1) is 0 Å². The van der Waals surface area contributed by atoms with Crippen LogP contribution in [0.15, 0.2) is 54.6 Å². The summed E-state index contributed by atoms with van der Waals surface area (Å²) in [7, 11) is 0. The van der Waals surface area contributed by atoms with Crippen molar-refractivity contribution in [1.82, 2.24) is 0 Å². The molecule has 0 spiro atoms. The number of aryl methyl sites for hydroxylation is 1. The maximum Gasteiger partial charge on any atom is 0.115 e. The van der Waals surface area contributed by atoms with Crippen molar-refractivity contribution in [3.05, 3.63) is 65.7 Å². The van der Waals surface area contributed by atoms with Crippen LogP contribution in [0, 0.1) is 0 Å². The third-order valence-electron chi connectivity index (χ3n) is 2.81. The first-order chi connectivity index (χ1) is 10.6. The van der Waals surface area contributed by atoms with Crippen molar-refractivity contribution in [3.8, 4) is 5.75 Å². The summed E-state index contributed by atoms with van der Waals surface area (Å²) in [6, 6.07) is 17.6. The Kier molecular flexibility index (Phi) is 16.0. The van der Waals surface area contributed by atoms with Gasteiger partial charge in [0, 0.05) is 0 Å². The van der Waals surface area contributed by atoms with Crippen LogP contribution in [-0.2, 0) is 6.42 Å². The van der Waals surface area contributed by atoms with Crippen LogP contribution in [0.2, 0.25) is 0 Å². The molecule has 1 nitrogen and oxygen atoms in total. The molecule has 0 saturated carbocycles. The van der Waals surface area contributed by atoms with Crippen LogP contribution >= 0.6 is 0 Å². The Morgan fingerprint density at radius 1 is 0.773 bits per heavy atom. The molecule has 0 saturated heterocycles. The summed E-state index contributed by atoms with van der Waals surface area (Å²) in [5, 5.41) is 8.63. The van der Waals surface area contributed by atoms with Gasteiger partial charge in [-0.3, -0.25) is 0 Å². The van der Waals surface area contributed by atoms with E-state index in [0.29, 0.717) is 11.7 Å². The molecule has 0 heterocycles. The van der Waals surface area contributed by atoms with Gasteiger partial charge in [-0.2, -0.15) is 0 Å². The second-order valence-corrected chi connectivity index (χ2v) is 4.59. The average molecular weight is 303 g/mol. The molecule has 0 aromatic heterocycles. The molecule has 1 heteroatoms. The molecule has 2 rings (SSSR count). The molecular formula is C21H34O. The largest absolute Gasteiger partial charge is 0.508 e. The SMILES string of the molecule is CC.CC.CCc1ccc(C(C)C)cc1.Oc1ccccc1. The summed E-state index contributed by atoms with van der Waals surface area (Å²) < 4.78 is 0. The Morgan fingerprint density at radius 2 is 1.23 bits per heavy atom. The molecule has 1 N–H and O–H groups in total. The minimum absolute atomic E-state index is 0.322. The molecule has 0 aliphatic heterocycles. The molecule has 0 bridgehead atoms. The highest BCUT2D eigenvalue weighted by molar-refractivity contribution is 5.24. The molecule has 0 unspecified atom stereocenters. The molecule has 0 aliphatic rings. The van der Waals surface area contributed by atoms with Crippen molar-refractivity contribution in [3.63, 3.8) is 0 Å². The first kappa shape index (κ1) is 22.5. The number of hydrogen-bond donors (Lipinski definition) is 1. The van der Waals surface area contributed by atoms with Crippen LogP contribution in [-0.4, -0.2) is 5.11 Å². The van der Waals surface area contributed by atoms with Gasteiger partial charge >= 0.3 is 0 Å². The number of phenolic OH excluding ortho intramolecular Hbond substituents is 1. The highest BCUT2D eigenvalue weighted by Gasteiger charge is 1.96. The minimum atomic E-state index is 0.322.